The van der Waals surface area contributed by atoms with Gasteiger partial charge in [0.2, 0.25) is 23.6 Å². The summed E-state index contributed by atoms with van der Waals surface area (Å²) < 4.78 is 42.4. The lowest BCUT2D eigenvalue weighted by atomic mass is 9.69. The molecular formula is C53H86N4O6. The lowest BCUT2D eigenvalue weighted by Gasteiger charge is -2.38. The van der Waals surface area contributed by atoms with E-state index in [0.717, 1.165) is 109 Å². The minimum absolute atomic E-state index is 0.0140. The molecule has 0 radical (unpaired) electrons. The SMILES string of the molecule is CCCCC(CC)COC1CCC2OC(C(C3=NC4CC(C)CCC4O3)(C3=NC4CC(OCC(CC)CCCC)CCC4O3)C3=NC4CC(C5CCCC(C)C5)CCC4O3)=NC2C1. The van der Waals surface area contributed by atoms with E-state index < -0.39 is 5.41 Å². The molecule has 9 rings (SSSR count). The van der Waals surface area contributed by atoms with Gasteiger partial charge in [0.15, 0.2) is 0 Å². The van der Waals surface area contributed by atoms with Crippen molar-refractivity contribution >= 4 is 23.6 Å². The Morgan fingerprint density at radius 3 is 1.40 bits per heavy atom. The van der Waals surface area contributed by atoms with Crippen LogP contribution < -0.4 is 0 Å². The minimum Gasteiger partial charge on any atom is -0.474 e. The Morgan fingerprint density at radius 1 is 0.492 bits per heavy atom. The third kappa shape index (κ3) is 9.94. The Hall–Kier alpha value is -2.20. The first-order valence-electron chi connectivity index (χ1n) is 27.0. The largest absolute Gasteiger partial charge is 0.474 e. The van der Waals surface area contributed by atoms with Gasteiger partial charge >= 0.3 is 0 Å². The maximum Gasteiger partial charge on any atom is 0.270 e. The number of nitrogens with zero attached hydrogens (tertiary/aromatic N) is 4. The Balaban J connectivity index is 1.05. The van der Waals surface area contributed by atoms with Crippen molar-refractivity contribution in [3.05, 3.63) is 0 Å². The fraction of sp³-hybridized carbons (Fsp3) is 0.925. The summed E-state index contributed by atoms with van der Waals surface area (Å²) in [6.07, 6.45) is 27.4. The second-order valence-electron chi connectivity index (χ2n) is 22.3. The predicted octanol–water partition coefficient (Wildman–Crippen LogP) is 11.7. The van der Waals surface area contributed by atoms with Crippen molar-refractivity contribution in [2.45, 2.75) is 256 Å². The van der Waals surface area contributed by atoms with Crippen LogP contribution in [0.25, 0.3) is 0 Å². The van der Waals surface area contributed by atoms with Crippen LogP contribution in [-0.4, -0.2) is 97.6 Å². The van der Waals surface area contributed by atoms with E-state index in [1.807, 2.05) is 0 Å². The van der Waals surface area contributed by atoms with E-state index >= 15 is 0 Å². The predicted molar refractivity (Wildman–Crippen MR) is 252 cm³/mol. The Labute approximate surface area is 381 Å². The summed E-state index contributed by atoms with van der Waals surface area (Å²) in [5, 5.41) is 0. The highest BCUT2D eigenvalue weighted by molar-refractivity contribution is 6.38. The average molecular weight is 875 g/mol. The van der Waals surface area contributed by atoms with E-state index in [2.05, 4.69) is 41.5 Å². The molecule has 0 bridgehead atoms. The lowest BCUT2D eigenvalue weighted by Crippen LogP contribution is -2.55. The third-order valence-electron chi connectivity index (χ3n) is 17.6. The van der Waals surface area contributed by atoms with E-state index in [4.69, 9.17) is 48.4 Å². The Morgan fingerprint density at radius 2 is 0.921 bits per heavy atom. The van der Waals surface area contributed by atoms with Gasteiger partial charge in [-0.05, 0) is 132 Å². The molecule has 0 amide bonds. The number of ether oxygens (including phenoxy) is 6. The summed E-state index contributed by atoms with van der Waals surface area (Å²) in [6, 6.07) is 0.109. The van der Waals surface area contributed by atoms with E-state index in [9.17, 15) is 0 Å². The maximum absolute atomic E-state index is 7.29. The van der Waals surface area contributed by atoms with E-state index in [-0.39, 0.29) is 60.8 Å². The van der Waals surface area contributed by atoms with Crippen molar-refractivity contribution in [1.82, 2.24) is 0 Å². The summed E-state index contributed by atoms with van der Waals surface area (Å²) in [4.78, 5) is 22.5. The van der Waals surface area contributed by atoms with Crippen LogP contribution in [0.15, 0.2) is 20.0 Å². The van der Waals surface area contributed by atoms with Gasteiger partial charge in [0.25, 0.3) is 5.41 Å². The molecule has 10 nitrogen and oxygen atoms in total. The molecule has 5 fully saturated rings. The highest BCUT2D eigenvalue weighted by atomic mass is 16.6. The van der Waals surface area contributed by atoms with Gasteiger partial charge in [0.1, 0.15) is 24.4 Å². The van der Waals surface area contributed by atoms with Gasteiger partial charge in [0.05, 0.1) is 36.4 Å². The molecule has 10 heteroatoms. The van der Waals surface area contributed by atoms with E-state index in [1.165, 1.54) is 70.6 Å². The first-order valence-corrected chi connectivity index (χ1v) is 27.0. The molecule has 9 aliphatic rings. The van der Waals surface area contributed by atoms with E-state index in [1.54, 1.807) is 0 Å². The van der Waals surface area contributed by atoms with Crippen LogP contribution in [0.3, 0.4) is 0 Å². The van der Waals surface area contributed by atoms with Crippen LogP contribution in [0.4, 0.5) is 0 Å². The number of fused-ring (bicyclic) bond motifs is 4. The van der Waals surface area contributed by atoms with Gasteiger partial charge in [-0.1, -0.05) is 99.3 Å². The minimum atomic E-state index is -1.28. The van der Waals surface area contributed by atoms with Crippen LogP contribution in [0.5, 0.6) is 0 Å². The highest BCUT2D eigenvalue weighted by Crippen LogP contribution is 2.49. The summed E-state index contributed by atoms with van der Waals surface area (Å²) in [6.45, 7) is 15.6. The molecule has 0 aromatic heterocycles. The number of aliphatic imine (C=N–C) groups is 4. The zero-order chi connectivity index (χ0) is 43.5. The molecule has 5 aliphatic carbocycles. The molecular weight excluding hydrogens is 789 g/mol. The average Bonchev–Trinajstić information content (AvgIpc) is 4.11. The van der Waals surface area contributed by atoms with Crippen molar-refractivity contribution in [3.63, 3.8) is 0 Å². The third-order valence-corrected chi connectivity index (χ3v) is 17.6. The van der Waals surface area contributed by atoms with Crippen molar-refractivity contribution < 1.29 is 28.4 Å². The molecule has 16 unspecified atom stereocenters. The fourth-order valence-electron chi connectivity index (χ4n) is 13.3. The smallest absolute Gasteiger partial charge is 0.270 e. The first kappa shape index (κ1) is 45.9. The summed E-state index contributed by atoms with van der Waals surface area (Å²) in [5.74, 6) is 6.48. The fourth-order valence-corrected chi connectivity index (χ4v) is 13.3. The van der Waals surface area contributed by atoms with Crippen LogP contribution in [0, 0.1) is 40.9 Å². The normalized spacial score (nSPS) is 40.2. The number of unbranched alkanes of at least 4 members (excludes halogenated alkanes) is 2. The zero-order valence-corrected chi connectivity index (χ0v) is 40.4. The van der Waals surface area contributed by atoms with Crippen molar-refractivity contribution in [1.29, 1.82) is 0 Å². The molecule has 4 heterocycles. The quantitative estimate of drug-likeness (QED) is 0.128. The highest BCUT2D eigenvalue weighted by Gasteiger charge is 2.66. The summed E-state index contributed by atoms with van der Waals surface area (Å²) in [5.41, 5.74) is -1.28. The summed E-state index contributed by atoms with van der Waals surface area (Å²) in [7, 11) is 0. The first-order chi connectivity index (χ1) is 30.8. The van der Waals surface area contributed by atoms with Gasteiger partial charge in [-0.2, -0.15) is 0 Å². The lowest BCUT2D eigenvalue weighted by molar-refractivity contribution is -0.0190. The second kappa shape index (κ2) is 20.8. The van der Waals surface area contributed by atoms with Gasteiger partial charge in [-0.15, -0.1) is 0 Å². The molecule has 4 aliphatic heterocycles. The summed E-state index contributed by atoms with van der Waals surface area (Å²) >= 11 is 0. The molecule has 0 saturated heterocycles. The Bertz CT molecular complexity index is 1590. The van der Waals surface area contributed by atoms with Crippen molar-refractivity contribution in [2.75, 3.05) is 13.2 Å². The molecule has 0 aromatic rings. The molecule has 16 atom stereocenters. The number of hydrogen-bond acceptors (Lipinski definition) is 10. The number of rotatable bonds is 19. The molecule has 63 heavy (non-hydrogen) atoms. The van der Waals surface area contributed by atoms with Crippen LogP contribution >= 0.6 is 0 Å². The molecule has 5 saturated carbocycles. The topological polar surface area (TPSA) is 105 Å². The maximum atomic E-state index is 7.29. The van der Waals surface area contributed by atoms with Gasteiger partial charge in [-0.3, -0.25) is 0 Å². The van der Waals surface area contributed by atoms with Crippen LogP contribution in [0.1, 0.15) is 196 Å². The van der Waals surface area contributed by atoms with Gasteiger partial charge in [-0.25, -0.2) is 20.0 Å². The van der Waals surface area contributed by atoms with Crippen LogP contribution in [-0.2, 0) is 28.4 Å². The number of hydrogen-bond donors (Lipinski definition) is 0. The van der Waals surface area contributed by atoms with Gasteiger partial charge in [0, 0.05) is 13.2 Å². The van der Waals surface area contributed by atoms with Gasteiger partial charge < -0.3 is 28.4 Å². The van der Waals surface area contributed by atoms with E-state index in [0.29, 0.717) is 47.3 Å². The van der Waals surface area contributed by atoms with Crippen molar-refractivity contribution in [2.24, 2.45) is 60.9 Å². The molecule has 0 N–H and O–H groups in total. The standard InChI is InChI=1S/C53H86N4O6/c1-7-11-15-35(9-3)31-58-39-20-24-47-43(29-39)56-51(62-47)53(49-54-41-27-34(6)18-22-45(41)60-49,50-55-42-28-38(19-23-46(42)61-50)37-17-13-14-33(5)26-37)52-57-44-30-40(21-25-48(44)63-52)59-32-36(10-4)16-12-8-2/h33-48H,7-32H2,1-6H3. The Kier molecular flexibility index (Phi) is 15.1. The molecule has 0 aromatic carbocycles. The molecule has 354 valence electrons. The van der Waals surface area contributed by atoms with Crippen molar-refractivity contribution in [3.8, 4) is 0 Å². The zero-order valence-electron chi connectivity index (χ0n) is 40.4. The monoisotopic (exact) mass is 875 g/mol. The second-order valence-corrected chi connectivity index (χ2v) is 22.3. The molecule has 0 spiro atoms. The van der Waals surface area contributed by atoms with Crippen LogP contribution in [0.2, 0.25) is 0 Å².